The van der Waals surface area contributed by atoms with E-state index in [1.807, 2.05) is 0 Å². The molecule has 0 radical (unpaired) electrons. The molecule has 1 fully saturated rings. The molecule has 0 spiro atoms. The van der Waals surface area contributed by atoms with Crippen LogP contribution >= 0.6 is 0 Å². The normalized spacial score (nSPS) is 17.1. The molecule has 1 aromatic heterocycles. The zero-order valence-electron chi connectivity index (χ0n) is 11.2. The van der Waals surface area contributed by atoms with Crippen molar-refractivity contribution in [2.45, 2.75) is 24.5 Å². The fourth-order valence-electron chi connectivity index (χ4n) is 2.19. The van der Waals surface area contributed by atoms with E-state index in [1.165, 1.54) is 18.9 Å². The Morgan fingerprint density at radius 1 is 1.32 bits per heavy atom. The number of furan rings is 1. The Morgan fingerprint density at radius 2 is 2.05 bits per heavy atom. The maximum absolute atomic E-state index is 12.0. The minimum Gasteiger partial charge on any atom is -0.447 e. The Labute approximate surface area is 114 Å². The van der Waals surface area contributed by atoms with E-state index in [2.05, 4.69) is 14.9 Å². The van der Waals surface area contributed by atoms with Gasteiger partial charge in [-0.1, -0.05) is 0 Å². The summed E-state index contributed by atoms with van der Waals surface area (Å²) in [6, 6.07) is 3.16. The summed E-state index contributed by atoms with van der Waals surface area (Å²) in [4.78, 5) is 2.26. The molecule has 2 N–H and O–H groups in total. The van der Waals surface area contributed by atoms with E-state index >= 15 is 0 Å². The van der Waals surface area contributed by atoms with Crippen molar-refractivity contribution in [1.82, 2.24) is 14.9 Å². The van der Waals surface area contributed by atoms with Crippen LogP contribution in [-0.4, -0.2) is 46.5 Å². The first-order valence-corrected chi connectivity index (χ1v) is 8.05. The van der Waals surface area contributed by atoms with Crippen LogP contribution in [0.1, 0.15) is 18.6 Å². The molecular formula is C12H21N3O3S. The standard InChI is InChI=1S/C12H21N3O3S/c1-13-10-11-4-5-12(18-11)19(16,17)14-6-9-15-7-2-3-8-15/h4-5,13-14H,2-3,6-10H2,1H3. The van der Waals surface area contributed by atoms with Crippen LogP contribution in [-0.2, 0) is 16.6 Å². The van der Waals surface area contributed by atoms with E-state index < -0.39 is 10.0 Å². The molecule has 0 aromatic carbocycles. The van der Waals surface area contributed by atoms with Gasteiger partial charge in [0, 0.05) is 13.1 Å². The molecule has 7 heteroatoms. The Balaban J connectivity index is 1.85. The van der Waals surface area contributed by atoms with Gasteiger partial charge < -0.3 is 14.6 Å². The highest BCUT2D eigenvalue weighted by molar-refractivity contribution is 7.89. The van der Waals surface area contributed by atoms with Crippen molar-refractivity contribution in [3.63, 3.8) is 0 Å². The van der Waals surface area contributed by atoms with Crippen LogP contribution in [0.4, 0.5) is 0 Å². The largest absolute Gasteiger partial charge is 0.447 e. The van der Waals surface area contributed by atoms with Crippen molar-refractivity contribution in [3.8, 4) is 0 Å². The van der Waals surface area contributed by atoms with Gasteiger partial charge in [0.2, 0.25) is 5.09 Å². The highest BCUT2D eigenvalue weighted by Crippen LogP contribution is 2.13. The van der Waals surface area contributed by atoms with Crippen LogP contribution < -0.4 is 10.0 Å². The maximum Gasteiger partial charge on any atom is 0.274 e. The van der Waals surface area contributed by atoms with Crippen molar-refractivity contribution in [1.29, 1.82) is 0 Å². The van der Waals surface area contributed by atoms with Crippen molar-refractivity contribution in [2.24, 2.45) is 0 Å². The van der Waals surface area contributed by atoms with Crippen molar-refractivity contribution >= 4 is 10.0 Å². The smallest absolute Gasteiger partial charge is 0.274 e. The summed E-state index contributed by atoms with van der Waals surface area (Å²) in [6.07, 6.45) is 2.41. The number of likely N-dealkylation sites (tertiary alicyclic amines) is 1. The molecule has 0 bridgehead atoms. The molecular weight excluding hydrogens is 266 g/mol. The molecule has 1 aliphatic heterocycles. The zero-order valence-corrected chi connectivity index (χ0v) is 12.0. The number of hydrogen-bond donors (Lipinski definition) is 2. The van der Waals surface area contributed by atoms with E-state index in [1.54, 1.807) is 13.1 Å². The predicted octanol–water partition coefficient (Wildman–Crippen LogP) is 0.373. The molecule has 0 saturated carbocycles. The summed E-state index contributed by atoms with van der Waals surface area (Å²) >= 11 is 0. The van der Waals surface area contributed by atoms with Crippen molar-refractivity contribution in [2.75, 3.05) is 33.2 Å². The van der Waals surface area contributed by atoms with Crippen LogP contribution in [0.3, 0.4) is 0 Å². The quantitative estimate of drug-likeness (QED) is 0.758. The lowest BCUT2D eigenvalue weighted by Crippen LogP contribution is -2.33. The van der Waals surface area contributed by atoms with E-state index in [0.717, 1.165) is 19.6 Å². The van der Waals surface area contributed by atoms with Gasteiger partial charge in [0.25, 0.3) is 10.0 Å². The average Bonchev–Trinajstić information content (AvgIpc) is 3.00. The number of nitrogens with zero attached hydrogens (tertiary/aromatic N) is 1. The van der Waals surface area contributed by atoms with Gasteiger partial charge in [-0.2, -0.15) is 0 Å². The lowest BCUT2D eigenvalue weighted by atomic mass is 10.4. The molecule has 2 heterocycles. The molecule has 2 rings (SSSR count). The van der Waals surface area contributed by atoms with Gasteiger partial charge in [-0.15, -0.1) is 0 Å². The summed E-state index contributed by atoms with van der Waals surface area (Å²) < 4.78 is 31.8. The molecule has 1 saturated heterocycles. The van der Waals surface area contributed by atoms with Gasteiger partial charge in [0.05, 0.1) is 6.54 Å². The van der Waals surface area contributed by atoms with Crippen LogP contribution in [0.2, 0.25) is 0 Å². The first-order chi connectivity index (χ1) is 9.12. The number of rotatable bonds is 7. The average molecular weight is 287 g/mol. The topological polar surface area (TPSA) is 74.6 Å². The Bertz CT molecular complexity index is 492. The second-order valence-corrected chi connectivity index (χ2v) is 6.40. The predicted molar refractivity (Wildman–Crippen MR) is 72.3 cm³/mol. The monoisotopic (exact) mass is 287 g/mol. The highest BCUT2D eigenvalue weighted by Gasteiger charge is 2.19. The van der Waals surface area contributed by atoms with E-state index in [9.17, 15) is 8.42 Å². The molecule has 6 nitrogen and oxygen atoms in total. The van der Waals surface area contributed by atoms with Gasteiger partial charge in [-0.05, 0) is 45.1 Å². The van der Waals surface area contributed by atoms with Crippen molar-refractivity contribution < 1.29 is 12.8 Å². The minimum atomic E-state index is -3.52. The third kappa shape index (κ3) is 4.04. The van der Waals surface area contributed by atoms with Crippen LogP contribution in [0.5, 0.6) is 0 Å². The van der Waals surface area contributed by atoms with Crippen LogP contribution in [0.25, 0.3) is 0 Å². The SMILES string of the molecule is CNCc1ccc(S(=O)(=O)NCCN2CCCC2)o1. The molecule has 0 aliphatic carbocycles. The molecule has 1 aromatic rings. The maximum atomic E-state index is 12.0. The van der Waals surface area contributed by atoms with E-state index in [4.69, 9.17) is 4.42 Å². The summed E-state index contributed by atoms with van der Waals surface area (Å²) in [5.41, 5.74) is 0. The summed E-state index contributed by atoms with van der Waals surface area (Å²) in [5, 5.41) is 2.90. The highest BCUT2D eigenvalue weighted by atomic mass is 32.2. The molecule has 108 valence electrons. The zero-order chi connectivity index (χ0) is 13.7. The summed E-state index contributed by atoms with van der Waals surface area (Å²) in [7, 11) is -1.74. The van der Waals surface area contributed by atoms with Gasteiger partial charge in [-0.3, -0.25) is 0 Å². The number of nitrogens with one attached hydrogen (secondary N) is 2. The molecule has 1 aliphatic rings. The minimum absolute atomic E-state index is 0.0147. The lowest BCUT2D eigenvalue weighted by Gasteiger charge is -2.14. The van der Waals surface area contributed by atoms with Crippen LogP contribution in [0, 0.1) is 0 Å². The number of sulfonamides is 1. The first kappa shape index (κ1) is 14.5. The summed E-state index contributed by atoms with van der Waals surface area (Å²) in [6.45, 7) is 3.82. The third-order valence-corrected chi connectivity index (χ3v) is 4.50. The van der Waals surface area contributed by atoms with E-state index in [0.29, 0.717) is 18.8 Å². The third-order valence-electron chi connectivity index (χ3n) is 3.17. The van der Waals surface area contributed by atoms with Crippen LogP contribution in [0.15, 0.2) is 21.6 Å². The van der Waals surface area contributed by atoms with Gasteiger partial charge >= 0.3 is 0 Å². The second-order valence-electron chi connectivity index (χ2n) is 4.70. The first-order valence-electron chi connectivity index (χ1n) is 6.57. The fourth-order valence-corrected chi connectivity index (χ4v) is 3.15. The molecule has 0 amide bonds. The van der Waals surface area contributed by atoms with Crippen molar-refractivity contribution in [3.05, 3.63) is 17.9 Å². The summed E-state index contributed by atoms with van der Waals surface area (Å²) in [5.74, 6) is 0.613. The van der Waals surface area contributed by atoms with Gasteiger partial charge in [0.15, 0.2) is 0 Å². The fraction of sp³-hybridized carbons (Fsp3) is 0.667. The molecule has 0 unspecified atom stereocenters. The number of hydrogen-bond acceptors (Lipinski definition) is 5. The van der Waals surface area contributed by atoms with Gasteiger partial charge in [0.1, 0.15) is 5.76 Å². The molecule has 19 heavy (non-hydrogen) atoms. The molecule has 0 atom stereocenters. The van der Waals surface area contributed by atoms with E-state index in [-0.39, 0.29) is 5.09 Å². The Kier molecular flexibility index (Phi) is 4.98. The Hall–Kier alpha value is -0.890. The lowest BCUT2D eigenvalue weighted by molar-refractivity contribution is 0.342. The van der Waals surface area contributed by atoms with Gasteiger partial charge in [-0.25, -0.2) is 13.1 Å². The second kappa shape index (κ2) is 6.51. The Morgan fingerprint density at radius 3 is 2.74 bits per heavy atom.